The average molecular weight is 370 g/mol. The minimum absolute atomic E-state index is 0.121. The highest BCUT2D eigenvalue weighted by molar-refractivity contribution is 5.94. The predicted octanol–water partition coefficient (Wildman–Crippen LogP) is 2.93. The monoisotopic (exact) mass is 370 g/mol. The Balaban J connectivity index is 1.59. The van der Waals surface area contributed by atoms with Crippen LogP contribution in [0.1, 0.15) is 53.5 Å². The Bertz CT molecular complexity index is 867. The second-order valence-corrected chi connectivity index (χ2v) is 8.24. The molecule has 1 fully saturated rings. The molecule has 4 rings (SSSR count). The van der Waals surface area contributed by atoms with Crippen molar-refractivity contribution in [3.63, 3.8) is 0 Å². The van der Waals surface area contributed by atoms with Crippen molar-refractivity contribution in [3.05, 3.63) is 46.5 Å². The summed E-state index contributed by atoms with van der Waals surface area (Å²) in [6.07, 6.45) is 4.73. The minimum Gasteiger partial charge on any atom is -0.350 e. The van der Waals surface area contributed by atoms with E-state index < -0.39 is 0 Å². The predicted molar refractivity (Wildman–Crippen MR) is 103 cm³/mol. The van der Waals surface area contributed by atoms with Crippen LogP contribution in [-0.4, -0.2) is 35.3 Å². The third-order valence-corrected chi connectivity index (χ3v) is 5.96. The van der Waals surface area contributed by atoms with Crippen LogP contribution in [0.5, 0.6) is 0 Å². The second kappa shape index (κ2) is 7.08. The van der Waals surface area contributed by atoms with Gasteiger partial charge in [-0.25, -0.2) is 9.07 Å². The number of nitrogens with one attached hydrogen (secondary N) is 2. The van der Waals surface area contributed by atoms with Crippen molar-refractivity contribution in [2.24, 2.45) is 5.41 Å². The van der Waals surface area contributed by atoms with Crippen LogP contribution in [0, 0.1) is 18.2 Å². The number of hydrogen-bond acceptors (Lipinski definition) is 3. The number of nitrogens with zero attached hydrogens (tertiary/aromatic N) is 2. The molecule has 1 aromatic carbocycles. The molecule has 0 spiro atoms. The zero-order valence-electron chi connectivity index (χ0n) is 16.1. The third-order valence-electron chi connectivity index (χ3n) is 5.96. The lowest BCUT2D eigenvalue weighted by molar-refractivity contribution is 0.0916. The van der Waals surface area contributed by atoms with E-state index in [9.17, 15) is 9.18 Å². The molecule has 6 heteroatoms. The number of piperidine rings is 1. The molecule has 0 bridgehead atoms. The molecule has 2 heterocycles. The number of carbonyl (C=O) groups is 1. The van der Waals surface area contributed by atoms with Gasteiger partial charge in [-0.2, -0.15) is 5.10 Å². The Morgan fingerprint density at radius 2 is 2.11 bits per heavy atom. The van der Waals surface area contributed by atoms with Crippen molar-refractivity contribution in [2.75, 3.05) is 19.6 Å². The van der Waals surface area contributed by atoms with Crippen LogP contribution < -0.4 is 10.6 Å². The molecular weight excluding hydrogens is 343 g/mol. The third kappa shape index (κ3) is 3.50. The first-order valence-electron chi connectivity index (χ1n) is 9.83. The van der Waals surface area contributed by atoms with Crippen molar-refractivity contribution in [3.8, 4) is 5.69 Å². The van der Waals surface area contributed by atoms with Gasteiger partial charge in [0.2, 0.25) is 0 Å². The quantitative estimate of drug-likeness (QED) is 0.870. The maximum atomic E-state index is 14.5. The average Bonchev–Trinajstić information content (AvgIpc) is 3.24. The fraction of sp³-hybridized carbons (Fsp3) is 0.524. The maximum absolute atomic E-state index is 14.5. The van der Waals surface area contributed by atoms with Gasteiger partial charge in [0.05, 0.1) is 0 Å². The molecule has 5 nitrogen and oxygen atoms in total. The van der Waals surface area contributed by atoms with Crippen LogP contribution in [0.3, 0.4) is 0 Å². The van der Waals surface area contributed by atoms with Gasteiger partial charge in [-0.05, 0) is 75.2 Å². The van der Waals surface area contributed by atoms with Gasteiger partial charge >= 0.3 is 0 Å². The second-order valence-electron chi connectivity index (χ2n) is 8.24. The highest BCUT2D eigenvalue weighted by Gasteiger charge is 2.30. The highest BCUT2D eigenvalue weighted by atomic mass is 19.1. The fourth-order valence-corrected chi connectivity index (χ4v) is 4.19. The van der Waals surface area contributed by atoms with E-state index in [-0.39, 0.29) is 17.1 Å². The Morgan fingerprint density at radius 3 is 2.85 bits per heavy atom. The molecule has 144 valence electrons. The Kier molecular flexibility index (Phi) is 4.76. The number of aromatic nitrogens is 2. The molecular formula is C21H27FN4O. The number of amides is 1. The number of halogens is 1. The first kappa shape index (κ1) is 18.2. The molecule has 2 aliphatic rings. The van der Waals surface area contributed by atoms with Gasteiger partial charge in [-0.3, -0.25) is 4.79 Å². The summed E-state index contributed by atoms with van der Waals surface area (Å²) in [4.78, 5) is 12.9. The van der Waals surface area contributed by atoms with Crippen molar-refractivity contribution >= 4 is 5.91 Å². The number of carbonyl (C=O) groups excluding carboxylic acids is 1. The normalized spacial score (nSPS) is 18.3. The number of rotatable bonds is 4. The summed E-state index contributed by atoms with van der Waals surface area (Å²) in [6.45, 7) is 6.71. The molecule has 1 aliphatic heterocycles. The van der Waals surface area contributed by atoms with Crippen molar-refractivity contribution in [1.29, 1.82) is 0 Å². The lowest BCUT2D eigenvalue weighted by Crippen LogP contribution is -2.43. The van der Waals surface area contributed by atoms with E-state index in [1.807, 2.05) is 13.0 Å². The van der Waals surface area contributed by atoms with E-state index in [2.05, 4.69) is 22.7 Å². The summed E-state index contributed by atoms with van der Waals surface area (Å²) in [5.41, 5.74) is 3.81. The first-order chi connectivity index (χ1) is 13.0. The van der Waals surface area contributed by atoms with Crippen molar-refractivity contribution < 1.29 is 9.18 Å². The summed E-state index contributed by atoms with van der Waals surface area (Å²) in [5.74, 6) is -0.444. The van der Waals surface area contributed by atoms with E-state index in [0.29, 0.717) is 17.9 Å². The molecule has 0 unspecified atom stereocenters. The molecule has 1 aliphatic carbocycles. The Hall–Kier alpha value is -2.21. The Morgan fingerprint density at radius 1 is 1.33 bits per heavy atom. The van der Waals surface area contributed by atoms with Crippen LogP contribution in [0.25, 0.3) is 5.69 Å². The molecule has 2 N–H and O–H groups in total. The van der Waals surface area contributed by atoms with Gasteiger partial charge in [-0.15, -0.1) is 0 Å². The largest absolute Gasteiger partial charge is 0.350 e. The SMILES string of the molecule is Cc1ccc(-n2nc(C(=O)NCC3(C)CCNCC3)c3c2CCC3)c(F)c1. The van der Waals surface area contributed by atoms with E-state index in [4.69, 9.17) is 0 Å². The first-order valence-corrected chi connectivity index (χ1v) is 9.83. The van der Waals surface area contributed by atoms with E-state index >= 15 is 0 Å². The zero-order chi connectivity index (χ0) is 19.0. The van der Waals surface area contributed by atoms with E-state index in [1.165, 1.54) is 6.07 Å². The van der Waals surface area contributed by atoms with Gasteiger partial charge in [0, 0.05) is 17.8 Å². The molecule has 0 atom stereocenters. The topological polar surface area (TPSA) is 59.0 Å². The van der Waals surface area contributed by atoms with Gasteiger partial charge in [0.1, 0.15) is 11.5 Å². The molecule has 1 amide bonds. The maximum Gasteiger partial charge on any atom is 0.272 e. The molecule has 1 saturated heterocycles. The minimum atomic E-state index is -0.304. The van der Waals surface area contributed by atoms with E-state index in [1.54, 1.807) is 10.7 Å². The number of hydrogen-bond donors (Lipinski definition) is 2. The molecule has 27 heavy (non-hydrogen) atoms. The van der Waals surface area contributed by atoms with Crippen molar-refractivity contribution in [1.82, 2.24) is 20.4 Å². The van der Waals surface area contributed by atoms with Crippen LogP contribution >= 0.6 is 0 Å². The lowest BCUT2D eigenvalue weighted by Gasteiger charge is -2.34. The van der Waals surface area contributed by atoms with Gasteiger partial charge in [0.25, 0.3) is 5.91 Å². The summed E-state index contributed by atoms with van der Waals surface area (Å²) >= 11 is 0. The summed E-state index contributed by atoms with van der Waals surface area (Å²) < 4.78 is 16.1. The van der Waals surface area contributed by atoms with Crippen LogP contribution in [-0.2, 0) is 12.8 Å². The summed E-state index contributed by atoms with van der Waals surface area (Å²) in [7, 11) is 0. The summed E-state index contributed by atoms with van der Waals surface area (Å²) in [5, 5.41) is 11.0. The number of aryl methyl sites for hydroxylation is 1. The van der Waals surface area contributed by atoms with Gasteiger partial charge < -0.3 is 10.6 Å². The Labute approximate surface area is 159 Å². The number of fused-ring (bicyclic) bond motifs is 1. The number of benzene rings is 1. The van der Waals surface area contributed by atoms with Crippen molar-refractivity contribution in [2.45, 2.75) is 46.0 Å². The van der Waals surface area contributed by atoms with Crippen LogP contribution in [0.15, 0.2) is 18.2 Å². The standard InChI is InChI=1S/C21H27FN4O/c1-14-6-7-18(16(22)12-14)26-17-5-3-4-15(17)19(25-26)20(27)24-13-21(2)8-10-23-11-9-21/h6-7,12,23H,3-5,8-11,13H2,1-2H3,(H,24,27). The molecule has 0 radical (unpaired) electrons. The molecule has 0 saturated carbocycles. The molecule has 1 aromatic heterocycles. The highest BCUT2D eigenvalue weighted by Crippen LogP contribution is 2.30. The van der Waals surface area contributed by atoms with Gasteiger partial charge in [-0.1, -0.05) is 13.0 Å². The van der Waals surface area contributed by atoms with Gasteiger partial charge in [0.15, 0.2) is 5.69 Å². The van der Waals surface area contributed by atoms with Crippen LogP contribution in [0.4, 0.5) is 4.39 Å². The van der Waals surface area contributed by atoms with E-state index in [0.717, 1.165) is 62.0 Å². The smallest absolute Gasteiger partial charge is 0.272 e. The lowest BCUT2D eigenvalue weighted by atomic mass is 9.81. The zero-order valence-corrected chi connectivity index (χ0v) is 16.1. The van der Waals surface area contributed by atoms with Crippen LogP contribution in [0.2, 0.25) is 0 Å². The summed E-state index contributed by atoms with van der Waals surface area (Å²) in [6, 6.07) is 5.13. The fourth-order valence-electron chi connectivity index (χ4n) is 4.19. The molecule has 2 aromatic rings.